The first-order valence-electron chi connectivity index (χ1n) is 9.79. The molecule has 1 amide bonds. The predicted molar refractivity (Wildman–Crippen MR) is 113 cm³/mol. The van der Waals surface area contributed by atoms with Crippen molar-refractivity contribution >= 4 is 17.6 Å². The molecule has 1 saturated heterocycles. The number of nitrogens with one attached hydrogen (secondary N) is 1. The number of amides is 1. The summed E-state index contributed by atoms with van der Waals surface area (Å²) in [6.45, 7) is 6.92. The van der Waals surface area contributed by atoms with E-state index in [-0.39, 0.29) is 5.91 Å². The lowest BCUT2D eigenvalue weighted by Crippen LogP contribution is -2.55. The molecule has 3 rings (SSSR count). The van der Waals surface area contributed by atoms with E-state index < -0.39 is 0 Å². The average molecular weight is 383 g/mol. The SMILES string of the molecule is CN=C(NCC(c1ccccc1)C(C)C)N1CCN(c2cnn(C)c2)C(=O)C1. The largest absolute Gasteiger partial charge is 0.356 e. The summed E-state index contributed by atoms with van der Waals surface area (Å²) in [6, 6.07) is 10.5. The fraction of sp³-hybridized carbons (Fsp3) is 0.476. The Kier molecular flexibility index (Phi) is 6.34. The molecule has 1 aliphatic rings. The van der Waals surface area contributed by atoms with Crippen LogP contribution in [0.4, 0.5) is 5.69 Å². The van der Waals surface area contributed by atoms with Gasteiger partial charge in [-0.1, -0.05) is 44.2 Å². The van der Waals surface area contributed by atoms with Crippen LogP contribution in [0.25, 0.3) is 0 Å². The predicted octanol–water partition coefficient (Wildman–Crippen LogP) is 2.08. The lowest BCUT2D eigenvalue weighted by atomic mass is 9.88. The molecule has 0 bridgehead atoms. The lowest BCUT2D eigenvalue weighted by molar-refractivity contribution is -0.120. The van der Waals surface area contributed by atoms with Gasteiger partial charge in [-0.3, -0.25) is 14.5 Å². The second kappa shape index (κ2) is 8.91. The third-order valence-electron chi connectivity index (χ3n) is 5.25. The molecule has 2 aromatic rings. The highest BCUT2D eigenvalue weighted by Gasteiger charge is 2.28. The summed E-state index contributed by atoms with van der Waals surface area (Å²) >= 11 is 0. The van der Waals surface area contributed by atoms with Crippen LogP contribution in [0.5, 0.6) is 0 Å². The zero-order valence-corrected chi connectivity index (χ0v) is 17.2. The van der Waals surface area contributed by atoms with Gasteiger partial charge in [0.05, 0.1) is 11.9 Å². The summed E-state index contributed by atoms with van der Waals surface area (Å²) in [4.78, 5) is 20.9. The van der Waals surface area contributed by atoms with Gasteiger partial charge in [-0.25, -0.2) is 0 Å². The minimum absolute atomic E-state index is 0.0608. The van der Waals surface area contributed by atoms with Gasteiger partial charge < -0.3 is 15.1 Å². The third kappa shape index (κ3) is 4.52. The molecule has 0 spiro atoms. The fourth-order valence-corrected chi connectivity index (χ4v) is 3.65. The van der Waals surface area contributed by atoms with Gasteiger partial charge >= 0.3 is 0 Å². The van der Waals surface area contributed by atoms with Gasteiger partial charge in [-0.05, 0) is 11.5 Å². The summed E-state index contributed by atoms with van der Waals surface area (Å²) < 4.78 is 1.71. The van der Waals surface area contributed by atoms with Crippen molar-refractivity contribution in [2.24, 2.45) is 18.0 Å². The van der Waals surface area contributed by atoms with Crippen LogP contribution in [0.1, 0.15) is 25.3 Å². The highest BCUT2D eigenvalue weighted by Crippen LogP contribution is 2.23. The Bertz CT molecular complexity index is 813. The van der Waals surface area contributed by atoms with E-state index in [1.807, 2.05) is 24.2 Å². The Morgan fingerprint density at radius 2 is 2.00 bits per heavy atom. The van der Waals surface area contributed by atoms with Gasteiger partial charge in [-0.2, -0.15) is 5.10 Å². The second-order valence-corrected chi connectivity index (χ2v) is 7.53. The van der Waals surface area contributed by atoms with E-state index in [0.29, 0.717) is 24.9 Å². The number of aromatic nitrogens is 2. The van der Waals surface area contributed by atoms with Crippen LogP contribution < -0.4 is 10.2 Å². The molecule has 1 aliphatic heterocycles. The van der Waals surface area contributed by atoms with Crippen LogP contribution in [0.15, 0.2) is 47.7 Å². The number of anilines is 1. The minimum atomic E-state index is 0.0608. The number of aliphatic imine (C=N–C) groups is 1. The maximum atomic E-state index is 12.7. The van der Waals surface area contributed by atoms with Crippen LogP contribution in [-0.4, -0.2) is 59.8 Å². The van der Waals surface area contributed by atoms with Crippen molar-refractivity contribution in [2.45, 2.75) is 19.8 Å². The number of hydrogen-bond acceptors (Lipinski definition) is 3. The lowest BCUT2D eigenvalue weighted by Gasteiger charge is -2.36. The third-order valence-corrected chi connectivity index (χ3v) is 5.25. The Balaban J connectivity index is 1.62. The number of carbonyl (C=O) groups excluding carboxylic acids is 1. The van der Waals surface area contributed by atoms with Crippen LogP contribution in [0.3, 0.4) is 0 Å². The Morgan fingerprint density at radius 3 is 2.57 bits per heavy atom. The monoisotopic (exact) mass is 382 g/mol. The zero-order valence-electron chi connectivity index (χ0n) is 17.2. The number of nitrogens with zero attached hydrogens (tertiary/aromatic N) is 5. The number of guanidine groups is 1. The second-order valence-electron chi connectivity index (χ2n) is 7.53. The number of hydrogen-bond donors (Lipinski definition) is 1. The molecule has 1 fully saturated rings. The van der Waals surface area contributed by atoms with Gasteiger partial charge in [0, 0.05) is 45.8 Å². The number of rotatable bonds is 5. The fourth-order valence-electron chi connectivity index (χ4n) is 3.65. The van der Waals surface area contributed by atoms with Crippen molar-refractivity contribution in [3.05, 3.63) is 48.3 Å². The average Bonchev–Trinajstić information content (AvgIpc) is 3.11. The van der Waals surface area contributed by atoms with Gasteiger partial charge in [0.2, 0.25) is 5.91 Å². The normalized spacial score (nSPS) is 16.6. The Hall–Kier alpha value is -2.83. The van der Waals surface area contributed by atoms with Crippen molar-refractivity contribution in [2.75, 3.05) is 38.1 Å². The summed E-state index contributed by atoms with van der Waals surface area (Å²) in [5.41, 5.74) is 2.16. The molecule has 2 heterocycles. The van der Waals surface area contributed by atoms with Crippen molar-refractivity contribution < 1.29 is 4.79 Å². The molecular formula is C21H30N6O. The van der Waals surface area contributed by atoms with E-state index >= 15 is 0 Å². The molecule has 1 N–H and O–H groups in total. The van der Waals surface area contributed by atoms with Crippen LogP contribution in [-0.2, 0) is 11.8 Å². The van der Waals surface area contributed by atoms with E-state index in [4.69, 9.17) is 0 Å². The van der Waals surface area contributed by atoms with Crippen LogP contribution in [0, 0.1) is 5.92 Å². The summed E-state index contributed by atoms with van der Waals surface area (Å²) in [6.07, 6.45) is 3.60. The minimum Gasteiger partial charge on any atom is -0.356 e. The molecule has 7 nitrogen and oxygen atoms in total. The number of piperazine rings is 1. The number of benzene rings is 1. The molecule has 28 heavy (non-hydrogen) atoms. The molecule has 7 heteroatoms. The van der Waals surface area contributed by atoms with E-state index in [0.717, 1.165) is 24.7 Å². The molecule has 1 aromatic carbocycles. The number of carbonyl (C=O) groups is 1. The Morgan fingerprint density at radius 1 is 1.25 bits per heavy atom. The van der Waals surface area contributed by atoms with Crippen molar-refractivity contribution in [1.82, 2.24) is 20.0 Å². The topological polar surface area (TPSA) is 65.8 Å². The van der Waals surface area contributed by atoms with Gasteiger partial charge in [-0.15, -0.1) is 0 Å². The summed E-state index contributed by atoms with van der Waals surface area (Å²) in [7, 11) is 3.63. The summed E-state index contributed by atoms with van der Waals surface area (Å²) in [5.74, 6) is 1.72. The maximum Gasteiger partial charge on any atom is 0.246 e. The first-order valence-corrected chi connectivity index (χ1v) is 9.79. The highest BCUT2D eigenvalue weighted by molar-refractivity contribution is 5.98. The van der Waals surface area contributed by atoms with Crippen molar-refractivity contribution in [1.29, 1.82) is 0 Å². The Labute approximate surface area is 167 Å². The van der Waals surface area contributed by atoms with Gasteiger partial charge in [0.25, 0.3) is 0 Å². The molecule has 0 radical (unpaired) electrons. The zero-order chi connectivity index (χ0) is 20.1. The van der Waals surface area contributed by atoms with Crippen molar-refractivity contribution in [3.8, 4) is 0 Å². The van der Waals surface area contributed by atoms with E-state index in [9.17, 15) is 4.79 Å². The van der Waals surface area contributed by atoms with E-state index in [1.54, 1.807) is 22.8 Å². The van der Waals surface area contributed by atoms with Gasteiger partial charge in [0.15, 0.2) is 5.96 Å². The quantitative estimate of drug-likeness (QED) is 0.635. The molecular weight excluding hydrogens is 352 g/mol. The molecule has 150 valence electrons. The highest BCUT2D eigenvalue weighted by atomic mass is 16.2. The molecule has 0 aliphatic carbocycles. The number of aryl methyl sites for hydroxylation is 1. The van der Waals surface area contributed by atoms with E-state index in [2.05, 4.69) is 53.5 Å². The molecule has 1 unspecified atom stereocenters. The van der Waals surface area contributed by atoms with Crippen LogP contribution in [0.2, 0.25) is 0 Å². The standard InChI is InChI=1S/C21H30N6O/c1-16(2)19(17-8-6-5-7-9-17)13-23-21(22-3)26-10-11-27(20(28)15-26)18-12-24-25(4)14-18/h5-9,12,14,16,19H,10-11,13,15H2,1-4H3,(H,22,23). The van der Waals surface area contributed by atoms with Crippen LogP contribution >= 0.6 is 0 Å². The van der Waals surface area contributed by atoms with Gasteiger partial charge in [0.1, 0.15) is 6.54 Å². The molecule has 1 aromatic heterocycles. The first-order chi connectivity index (χ1) is 13.5. The summed E-state index contributed by atoms with van der Waals surface area (Å²) in [5, 5.41) is 7.65. The van der Waals surface area contributed by atoms with Crippen molar-refractivity contribution in [3.63, 3.8) is 0 Å². The smallest absolute Gasteiger partial charge is 0.246 e. The molecule has 0 saturated carbocycles. The molecule has 1 atom stereocenters. The van der Waals surface area contributed by atoms with E-state index in [1.165, 1.54) is 5.56 Å². The first kappa shape index (κ1) is 19.9. The maximum absolute atomic E-state index is 12.7.